The quantitative estimate of drug-likeness (QED) is 0.716. The Kier molecular flexibility index (Phi) is 4.92. The number of nitrogens with one attached hydrogen (secondary N) is 2. The molecule has 0 radical (unpaired) electrons. The molecule has 0 atom stereocenters. The molecular weight excluding hydrogens is 318 g/mol. The molecule has 0 aromatic carbocycles. The maximum atomic E-state index is 12.0. The minimum Gasteiger partial charge on any atom is -0.319 e. The highest BCUT2D eigenvalue weighted by atomic mass is 35.5. The molecule has 3 heterocycles. The molecule has 0 aliphatic heterocycles. The number of aromatic amines is 1. The monoisotopic (exact) mass is 331 g/mol. The molecule has 0 saturated heterocycles. The Labute approximate surface area is 137 Å². The van der Waals surface area contributed by atoms with Crippen LogP contribution in [0.25, 0.3) is 11.7 Å². The second-order valence-corrected chi connectivity index (χ2v) is 4.76. The summed E-state index contributed by atoms with van der Waals surface area (Å²) >= 11 is 0. The van der Waals surface area contributed by atoms with Crippen LogP contribution < -0.4 is 11.0 Å². The van der Waals surface area contributed by atoms with Gasteiger partial charge in [-0.15, -0.1) is 12.4 Å². The van der Waals surface area contributed by atoms with Crippen LogP contribution in [0.5, 0.6) is 0 Å². The SMILES string of the molecule is Cc1cc(NC(=O)/C=C/c2ccncc2)c2n[nH]c(=O)n2c1.Cl. The molecule has 0 spiro atoms. The number of hydrogen-bond donors (Lipinski definition) is 2. The highest BCUT2D eigenvalue weighted by molar-refractivity contribution is 6.03. The van der Waals surface area contributed by atoms with Gasteiger partial charge in [-0.2, -0.15) is 5.10 Å². The molecule has 7 nitrogen and oxygen atoms in total. The fourth-order valence-electron chi connectivity index (χ4n) is 2.06. The van der Waals surface area contributed by atoms with Crippen LogP contribution in [0.2, 0.25) is 0 Å². The summed E-state index contributed by atoms with van der Waals surface area (Å²) in [6.45, 7) is 1.83. The smallest absolute Gasteiger partial charge is 0.319 e. The molecule has 8 heteroatoms. The van der Waals surface area contributed by atoms with Gasteiger partial charge in [-0.3, -0.25) is 9.78 Å². The van der Waals surface area contributed by atoms with Crippen LogP contribution in [0.4, 0.5) is 5.69 Å². The van der Waals surface area contributed by atoms with Crippen molar-refractivity contribution in [1.82, 2.24) is 19.6 Å². The van der Waals surface area contributed by atoms with Gasteiger partial charge >= 0.3 is 5.69 Å². The predicted octanol–water partition coefficient (Wildman–Crippen LogP) is 1.80. The maximum absolute atomic E-state index is 12.0. The summed E-state index contributed by atoms with van der Waals surface area (Å²) in [5.41, 5.74) is 2.21. The number of carbonyl (C=O) groups excluding carboxylic acids is 1. The van der Waals surface area contributed by atoms with Crippen molar-refractivity contribution in [3.8, 4) is 0 Å². The number of hydrogen-bond acceptors (Lipinski definition) is 4. The van der Waals surface area contributed by atoms with Gasteiger partial charge < -0.3 is 5.32 Å². The molecule has 3 rings (SSSR count). The molecule has 3 aromatic heterocycles. The Morgan fingerprint density at radius 2 is 2.09 bits per heavy atom. The van der Waals surface area contributed by atoms with E-state index in [2.05, 4.69) is 20.5 Å². The molecule has 23 heavy (non-hydrogen) atoms. The molecule has 0 fully saturated rings. The number of halogens is 1. The van der Waals surface area contributed by atoms with E-state index in [1.54, 1.807) is 42.9 Å². The van der Waals surface area contributed by atoms with Gasteiger partial charge in [-0.25, -0.2) is 14.3 Å². The minimum atomic E-state index is -0.346. The molecule has 1 amide bonds. The Hall–Kier alpha value is -2.93. The number of aromatic nitrogens is 4. The standard InChI is InChI=1S/C15H13N5O2.ClH/c1-10-8-12(14-18-19-15(22)20(14)9-10)17-13(21)3-2-11-4-6-16-7-5-11;/h2-9H,1H3,(H,17,21)(H,19,22);1H/b3-2+;. The average molecular weight is 332 g/mol. The summed E-state index contributed by atoms with van der Waals surface area (Å²) in [6.07, 6.45) is 8.05. The Balaban J connectivity index is 0.00000192. The van der Waals surface area contributed by atoms with E-state index in [-0.39, 0.29) is 24.0 Å². The summed E-state index contributed by atoms with van der Waals surface area (Å²) in [7, 11) is 0. The number of H-pyrrole nitrogens is 1. The van der Waals surface area contributed by atoms with E-state index in [0.29, 0.717) is 11.3 Å². The molecule has 0 unspecified atom stereocenters. The second-order valence-electron chi connectivity index (χ2n) is 4.76. The molecular formula is C15H14ClN5O2. The number of carbonyl (C=O) groups is 1. The zero-order valence-electron chi connectivity index (χ0n) is 12.2. The van der Waals surface area contributed by atoms with E-state index >= 15 is 0 Å². The van der Waals surface area contributed by atoms with Gasteiger partial charge in [0.25, 0.3) is 0 Å². The number of aryl methyl sites for hydroxylation is 1. The summed E-state index contributed by atoms with van der Waals surface area (Å²) in [6, 6.07) is 5.34. The van der Waals surface area contributed by atoms with Gasteiger partial charge in [0.15, 0.2) is 5.65 Å². The molecule has 0 bridgehead atoms. The third kappa shape index (κ3) is 3.64. The van der Waals surface area contributed by atoms with Crippen LogP contribution in [0, 0.1) is 6.92 Å². The van der Waals surface area contributed by atoms with Gasteiger partial charge in [0.05, 0.1) is 5.69 Å². The topological polar surface area (TPSA) is 92.2 Å². The van der Waals surface area contributed by atoms with Crippen molar-refractivity contribution in [1.29, 1.82) is 0 Å². The summed E-state index contributed by atoms with van der Waals surface area (Å²) < 4.78 is 1.36. The Morgan fingerprint density at radius 3 is 2.83 bits per heavy atom. The summed E-state index contributed by atoms with van der Waals surface area (Å²) in [5.74, 6) is -0.306. The highest BCUT2D eigenvalue weighted by Gasteiger charge is 2.09. The van der Waals surface area contributed by atoms with E-state index in [4.69, 9.17) is 0 Å². The minimum absolute atomic E-state index is 0. The van der Waals surface area contributed by atoms with Gasteiger partial charge in [-0.1, -0.05) is 0 Å². The first-order valence-corrected chi connectivity index (χ1v) is 6.60. The normalized spacial score (nSPS) is 10.7. The van der Waals surface area contributed by atoms with Crippen LogP contribution >= 0.6 is 12.4 Å². The van der Waals surface area contributed by atoms with Crippen molar-refractivity contribution in [3.63, 3.8) is 0 Å². The number of pyridine rings is 2. The van der Waals surface area contributed by atoms with E-state index in [1.165, 1.54) is 10.5 Å². The second kappa shape index (κ2) is 6.89. The molecule has 0 aliphatic rings. The van der Waals surface area contributed by atoms with E-state index in [0.717, 1.165) is 11.1 Å². The van der Waals surface area contributed by atoms with Crippen molar-refractivity contribution < 1.29 is 4.79 Å². The first-order valence-electron chi connectivity index (χ1n) is 6.60. The van der Waals surface area contributed by atoms with Crippen molar-refractivity contribution in [2.24, 2.45) is 0 Å². The lowest BCUT2D eigenvalue weighted by atomic mass is 10.2. The molecule has 0 saturated carbocycles. The first-order chi connectivity index (χ1) is 10.6. The van der Waals surface area contributed by atoms with Gasteiger partial charge in [0.2, 0.25) is 5.91 Å². The van der Waals surface area contributed by atoms with Crippen LogP contribution in [-0.2, 0) is 4.79 Å². The number of fused-ring (bicyclic) bond motifs is 1. The number of anilines is 1. The predicted molar refractivity (Wildman–Crippen MR) is 89.7 cm³/mol. The fraction of sp³-hybridized carbons (Fsp3) is 0.0667. The lowest BCUT2D eigenvalue weighted by molar-refractivity contribution is -0.111. The van der Waals surface area contributed by atoms with Crippen LogP contribution in [0.3, 0.4) is 0 Å². The average Bonchev–Trinajstić information content (AvgIpc) is 2.88. The van der Waals surface area contributed by atoms with Crippen molar-refractivity contribution in [2.75, 3.05) is 5.32 Å². The van der Waals surface area contributed by atoms with E-state index in [9.17, 15) is 9.59 Å². The van der Waals surface area contributed by atoms with Gasteiger partial charge in [0.1, 0.15) is 0 Å². The molecule has 3 aromatic rings. The molecule has 2 N–H and O–H groups in total. The maximum Gasteiger partial charge on any atom is 0.347 e. The summed E-state index contributed by atoms with van der Waals surface area (Å²) in [5, 5.41) is 8.99. The molecule has 0 aliphatic carbocycles. The first kappa shape index (κ1) is 16.4. The number of nitrogens with zero attached hydrogens (tertiary/aromatic N) is 3. The van der Waals surface area contributed by atoms with Crippen molar-refractivity contribution in [2.45, 2.75) is 6.92 Å². The van der Waals surface area contributed by atoms with Crippen LogP contribution in [0.15, 0.2) is 47.7 Å². The summed E-state index contributed by atoms with van der Waals surface area (Å²) in [4.78, 5) is 27.5. The van der Waals surface area contributed by atoms with Crippen molar-refractivity contribution in [3.05, 3.63) is 64.5 Å². The zero-order valence-corrected chi connectivity index (χ0v) is 13.0. The lowest BCUT2D eigenvalue weighted by Gasteiger charge is -2.05. The van der Waals surface area contributed by atoms with Crippen LogP contribution in [-0.4, -0.2) is 25.5 Å². The highest BCUT2D eigenvalue weighted by Crippen LogP contribution is 2.15. The van der Waals surface area contributed by atoms with E-state index < -0.39 is 0 Å². The third-order valence-electron chi connectivity index (χ3n) is 3.04. The van der Waals surface area contributed by atoms with Gasteiger partial charge in [-0.05, 0) is 42.3 Å². The third-order valence-corrected chi connectivity index (χ3v) is 3.04. The van der Waals surface area contributed by atoms with Gasteiger partial charge in [0, 0.05) is 24.7 Å². The molecule has 118 valence electrons. The fourth-order valence-corrected chi connectivity index (χ4v) is 2.06. The largest absolute Gasteiger partial charge is 0.347 e. The van der Waals surface area contributed by atoms with E-state index in [1.807, 2.05) is 6.92 Å². The Bertz CT molecular complexity index is 915. The lowest BCUT2D eigenvalue weighted by Crippen LogP contribution is -2.12. The number of amides is 1. The van der Waals surface area contributed by atoms with Crippen molar-refractivity contribution >= 4 is 35.7 Å². The number of rotatable bonds is 3. The van der Waals surface area contributed by atoms with Crippen LogP contribution in [0.1, 0.15) is 11.1 Å². The zero-order chi connectivity index (χ0) is 15.5. The Morgan fingerprint density at radius 1 is 1.35 bits per heavy atom.